The van der Waals surface area contributed by atoms with Crippen molar-refractivity contribution in [2.45, 2.75) is 6.04 Å². The van der Waals surface area contributed by atoms with Crippen LogP contribution < -0.4 is 19.5 Å². The molecule has 0 fully saturated rings. The number of fused-ring (bicyclic) bond motifs is 1. The molecule has 0 aromatic heterocycles. The molecule has 8 nitrogen and oxygen atoms in total. The molecular weight excluding hydrogens is 322 g/mol. The van der Waals surface area contributed by atoms with E-state index in [2.05, 4.69) is 10.0 Å². The van der Waals surface area contributed by atoms with Crippen LogP contribution in [0.15, 0.2) is 18.2 Å². The predicted molar refractivity (Wildman–Crippen MR) is 84.8 cm³/mol. The Kier molecular flexibility index (Phi) is 5.45. The highest BCUT2D eigenvalue weighted by molar-refractivity contribution is 7.88. The molecule has 2 rings (SSSR count). The van der Waals surface area contributed by atoms with Gasteiger partial charge in [-0.3, -0.25) is 9.69 Å². The van der Waals surface area contributed by atoms with Crippen molar-refractivity contribution < 1.29 is 22.7 Å². The molecule has 1 aromatic rings. The standard InChI is InChI=1S/C14H21N3O5S/c1-17(2)13(14(18)15-6-7-16-23(3,19)20)10-4-5-11-12(8-10)22-9-21-11/h4-5,8,13,16H,6-7,9H2,1-3H3,(H,15,18)/t13-/m1/s1. The molecule has 0 spiro atoms. The van der Waals surface area contributed by atoms with E-state index >= 15 is 0 Å². The highest BCUT2D eigenvalue weighted by Crippen LogP contribution is 2.35. The first-order valence-electron chi connectivity index (χ1n) is 7.06. The number of nitrogens with one attached hydrogen (secondary N) is 2. The molecule has 0 bridgehead atoms. The number of carbonyl (C=O) groups excluding carboxylic acids is 1. The van der Waals surface area contributed by atoms with E-state index in [-0.39, 0.29) is 25.8 Å². The van der Waals surface area contributed by atoms with E-state index in [0.29, 0.717) is 11.5 Å². The molecule has 1 aromatic carbocycles. The van der Waals surface area contributed by atoms with Gasteiger partial charge in [-0.1, -0.05) is 6.07 Å². The molecule has 1 atom stereocenters. The van der Waals surface area contributed by atoms with Gasteiger partial charge >= 0.3 is 0 Å². The second-order valence-electron chi connectivity index (χ2n) is 5.44. The van der Waals surface area contributed by atoms with Gasteiger partial charge in [0.1, 0.15) is 6.04 Å². The maximum atomic E-state index is 12.4. The molecule has 2 N–H and O–H groups in total. The molecule has 128 valence electrons. The van der Waals surface area contributed by atoms with Gasteiger partial charge in [0.25, 0.3) is 0 Å². The summed E-state index contributed by atoms with van der Waals surface area (Å²) in [5, 5.41) is 2.72. The number of nitrogens with zero attached hydrogens (tertiary/aromatic N) is 1. The Bertz CT molecular complexity index is 675. The Balaban J connectivity index is 2.02. The molecule has 0 unspecified atom stereocenters. The number of amides is 1. The maximum Gasteiger partial charge on any atom is 0.241 e. The third-order valence-electron chi connectivity index (χ3n) is 3.27. The van der Waals surface area contributed by atoms with Gasteiger partial charge in [0.2, 0.25) is 22.7 Å². The van der Waals surface area contributed by atoms with E-state index in [1.54, 1.807) is 31.1 Å². The number of carbonyl (C=O) groups is 1. The fraction of sp³-hybridized carbons (Fsp3) is 0.500. The number of likely N-dealkylation sites (N-methyl/N-ethyl adjacent to an activating group) is 1. The Morgan fingerprint density at radius 1 is 1.26 bits per heavy atom. The lowest BCUT2D eigenvalue weighted by atomic mass is 10.0. The summed E-state index contributed by atoms with van der Waals surface area (Å²) >= 11 is 0. The number of rotatable bonds is 7. The molecule has 0 radical (unpaired) electrons. The summed E-state index contributed by atoms with van der Waals surface area (Å²) in [5.41, 5.74) is 0.771. The third kappa shape index (κ3) is 4.81. The largest absolute Gasteiger partial charge is 0.454 e. The zero-order valence-corrected chi connectivity index (χ0v) is 14.1. The molecule has 23 heavy (non-hydrogen) atoms. The highest BCUT2D eigenvalue weighted by Gasteiger charge is 2.25. The summed E-state index contributed by atoms with van der Waals surface area (Å²) in [7, 11) is 0.331. The van der Waals surface area contributed by atoms with Crippen LogP contribution in [0.2, 0.25) is 0 Å². The molecule has 1 heterocycles. The molecule has 9 heteroatoms. The van der Waals surface area contributed by atoms with Gasteiger partial charge in [-0.05, 0) is 31.8 Å². The summed E-state index contributed by atoms with van der Waals surface area (Å²) in [5.74, 6) is 1.05. The lowest BCUT2D eigenvalue weighted by molar-refractivity contribution is -0.125. The van der Waals surface area contributed by atoms with Crippen LogP contribution in [0.5, 0.6) is 11.5 Å². The van der Waals surface area contributed by atoms with Gasteiger partial charge in [0.05, 0.1) is 6.26 Å². The van der Waals surface area contributed by atoms with Crippen molar-refractivity contribution in [2.24, 2.45) is 0 Å². The van der Waals surface area contributed by atoms with Gasteiger partial charge in [-0.2, -0.15) is 0 Å². The van der Waals surface area contributed by atoms with Crippen LogP contribution in [0.3, 0.4) is 0 Å². The van der Waals surface area contributed by atoms with Crippen LogP contribution in [-0.4, -0.2) is 59.5 Å². The number of ether oxygens (including phenoxy) is 2. The van der Waals surface area contributed by atoms with Crippen LogP contribution in [0.25, 0.3) is 0 Å². The van der Waals surface area contributed by atoms with Gasteiger partial charge in [-0.25, -0.2) is 13.1 Å². The number of sulfonamides is 1. The Morgan fingerprint density at radius 2 is 1.96 bits per heavy atom. The third-order valence-corrected chi connectivity index (χ3v) is 3.99. The first-order chi connectivity index (χ1) is 10.8. The van der Waals surface area contributed by atoms with Crippen LogP contribution in [0.1, 0.15) is 11.6 Å². The van der Waals surface area contributed by atoms with Gasteiger partial charge in [0.15, 0.2) is 11.5 Å². The first kappa shape index (κ1) is 17.5. The fourth-order valence-electron chi connectivity index (χ4n) is 2.29. The molecular formula is C14H21N3O5S. The summed E-state index contributed by atoms with van der Waals surface area (Å²) in [4.78, 5) is 14.2. The molecule has 1 amide bonds. The molecule has 0 aliphatic carbocycles. The lowest BCUT2D eigenvalue weighted by Crippen LogP contribution is -2.40. The van der Waals surface area contributed by atoms with E-state index in [9.17, 15) is 13.2 Å². The summed E-state index contributed by atoms with van der Waals surface area (Å²) < 4.78 is 34.9. The average molecular weight is 343 g/mol. The minimum absolute atomic E-state index is 0.145. The predicted octanol–water partition coefficient (Wildman–Crippen LogP) is -0.317. The smallest absolute Gasteiger partial charge is 0.241 e. The molecule has 1 aliphatic heterocycles. The van der Waals surface area contributed by atoms with Crippen molar-refractivity contribution in [3.8, 4) is 11.5 Å². The van der Waals surface area contributed by atoms with Crippen molar-refractivity contribution in [2.75, 3.05) is 40.2 Å². The minimum Gasteiger partial charge on any atom is -0.454 e. The van der Waals surface area contributed by atoms with Gasteiger partial charge in [-0.15, -0.1) is 0 Å². The van der Waals surface area contributed by atoms with Crippen LogP contribution in [0.4, 0.5) is 0 Å². The van der Waals surface area contributed by atoms with E-state index in [1.807, 2.05) is 6.07 Å². The van der Waals surface area contributed by atoms with Crippen LogP contribution in [-0.2, 0) is 14.8 Å². The maximum absolute atomic E-state index is 12.4. The topological polar surface area (TPSA) is 97.0 Å². The Labute approximate surface area is 135 Å². The number of benzene rings is 1. The Hall–Kier alpha value is -1.84. The average Bonchev–Trinajstić information content (AvgIpc) is 2.90. The van der Waals surface area contributed by atoms with E-state index < -0.39 is 16.1 Å². The fourth-order valence-corrected chi connectivity index (χ4v) is 2.76. The normalized spacial score (nSPS) is 14.8. The summed E-state index contributed by atoms with van der Waals surface area (Å²) in [6.07, 6.45) is 1.07. The lowest BCUT2D eigenvalue weighted by Gasteiger charge is -2.24. The zero-order chi connectivity index (χ0) is 17.0. The second kappa shape index (κ2) is 7.16. The van der Waals surface area contributed by atoms with E-state index in [4.69, 9.17) is 9.47 Å². The molecule has 0 saturated carbocycles. The van der Waals surface area contributed by atoms with Gasteiger partial charge < -0.3 is 14.8 Å². The summed E-state index contributed by atoms with van der Waals surface area (Å²) in [6.45, 7) is 0.529. The summed E-state index contributed by atoms with van der Waals surface area (Å²) in [6, 6.07) is 4.85. The van der Waals surface area contributed by atoms with E-state index in [0.717, 1.165) is 11.8 Å². The van der Waals surface area contributed by atoms with Crippen molar-refractivity contribution >= 4 is 15.9 Å². The Morgan fingerprint density at radius 3 is 2.61 bits per heavy atom. The quantitative estimate of drug-likeness (QED) is 0.659. The monoisotopic (exact) mass is 343 g/mol. The first-order valence-corrected chi connectivity index (χ1v) is 8.95. The highest BCUT2D eigenvalue weighted by atomic mass is 32.2. The van der Waals surface area contributed by atoms with Crippen molar-refractivity contribution in [3.63, 3.8) is 0 Å². The SMILES string of the molecule is CN(C)[C@@H](C(=O)NCCNS(C)(=O)=O)c1ccc2c(c1)OCO2. The van der Waals surface area contributed by atoms with Crippen LogP contribution >= 0.6 is 0 Å². The number of hydrogen-bond donors (Lipinski definition) is 2. The minimum atomic E-state index is -3.26. The zero-order valence-electron chi connectivity index (χ0n) is 13.3. The van der Waals surface area contributed by atoms with Crippen LogP contribution in [0, 0.1) is 0 Å². The van der Waals surface area contributed by atoms with Crippen molar-refractivity contribution in [3.05, 3.63) is 23.8 Å². The van der Waals surface area contributed by atoms with Crippen molar-refractivity contribution in [1.29, 1.82) is 0 Å². The van der Waals surface area contributed by atoms with E-state index in [1.165, 1.54) is 0 Å². The molecule has 0 saturated heterocycles. The second-order valence-corrected chi connectivity index (χ2v) is 7.27. The molecule has 1 aliphatic rings. The van der Waals surface area contributed by atoms with Crippen molar-refractivity contribution in [1.82, 2.24) is 14.9 Å². The van der Waals surface area contributed by atoms with Gasteiger partial charge in [0, 0.05) is 13.1 Å². The number of hydrogen-bond acceptors (Lipinski definition) is 6.